The van der Waals surface area contributed by atoms with Crippen molar-refractivity contribution in [2.24, 2.45) is 0 Å². The molecule has 0 bridgehead atoms. The van der Waals surface area contributed by atoms with Gasteiger partial charge >= 0.3 is 5.97 Å². The third-order valence-electron chi connectivity index (χ3n) is 3.21. The summed E-state index contributed by atoms with van der Waals surface area (Å²) in [7, 11) is 3.66. The zero-order chi connectivity index (χ0) is 15.5. The maximum Gasteiger partial charge on any atom is 0.329 e. The van der Waals surface area contributed by atoms with Gasteiger partial charge in [-0.3, -0.25) is 4.79 Å². The van der Waals surface area contributed by atoms with E-state index in [9.17, 15) is 14.7 Å². The summed E-state index contributed by atoms with van der Waals surface area (Å²) in [6.07, 6.45) is 1.55. The Balaban J connectivity index is 3.15. The van der Waals surface area contributed by atoms with Crippen molar-refractivity contribution in [2.75, 3.05) is 25.5 Å². The van der Waals surface area contributed by atoms with Gasteiger partial charge in [0.25, 0.3) is 5.91 Å². The molecule has 1 aromatic rings. The Morgan fingerprint density at radius 1 is 1.35 bits per heavy atom. The van der Waals surface area contributed by atoms with Gasteiger partial charge in [-0.15, -0.1) is 0 Å². The second kappa shape index (κ2) is 5.90. The topological polar surface area (TPSA) is 73.7 Å². The number of carbonyl (C=O) groups is 2. The number of carboxylic acid groups (broad SMARTS) is 1. The molecule has 6 heteroatoms. The zero-order valence-corrected chi connectivity index (χ0v) is 12.5. The highest BCUT2D eigenvalue weighted by atomic mass is 16.4. The third kappa shape index (κ3) is 3.07. The minimum atomic E-state index is -1.26. The molecule has 0 radical (unpaired) electrons. The molecule has 0 fully saturated rings. The molecule has 1 heterocycles. The number of likely N-dealkylation sites (N-methyl/N-ethyl adjacent to an activating group) is 1. The van der Waals surface area contributed by atoms with E-state index < -0.39 is 11.5 Å². The molecule has 0 spiro atoms. The molecule has 1 rings (SSSR count). The summed E-state index contributed by atoms with van der Waals surface area (Å²) in [5.41, 5.74) is -0.826. The molecule has 1 amide bonds. The number of aromatic nitrogens is 1. The number of anilines is 1. The average molecular weight is 279 g/mol. The van der Waals surface area contributed by atoms with Crippen molar-refractivity contribution < 1.29 is 14.7 Å². The van der Waals surface area contributed by atoms with Crippen LogP contribution in [-0.4, -0.2) is 53.0 Å². The van der Waals surface area contributed by atoms with Crippen LogP contribution in [0.1, 0.15) is 31.1 Å². The van der Waals surface area contributed by atoms with Gasteiger partial charge in [-0.05, 0) is 32.9 Å². The Hall–Kier alpha value is -2.11. The molecule has 0 aromatic carbocycles. The van der Waals surface area contributed by atoms with Crippen molar-refractivity contribution in [3.63, 3.8) is 0 Å². The summed E-state index contributed by atoms with van der Waals surface area (Å²) in [5, 5.41) is 9.27. The Morgan fingerprint density at radius 3 is 2.40 bits per heavy atom. The van der Waals surface area contributed by atoms with Crippen LogP contribution < -0.4 is 4.90 Å². The molecule has 0 aliphatic heterocycles. The first kappa shape index (κ1) is 15.9. The van der Waals surface area contributed by atoms with Crippen LogP contribution in [0.3, 0.4) is 0 Å². The molecular weight excluding hydrogens is 258 g/mol. The van der Waals surface area contributed by atoms with Crippen LogP contribution in [0.15, 0.2) is 18.3 Å². The fourth-order valence-corrected chi connectivity index (χ4v) is 1.86. The van der Waals surface area contributed by atoms with Crippen molar-refractivity contribution in [1.29, 1.82) is 0 Å². The first-order valence-electron chi connectivity index (χ1n) is 6.40. The first-order valence-corrected chi connectivity index (χ1v) is 6.40. The summed E-state index contributed by atoms with van der Waals surface area (Å²) < 4.78 is 0. The Kier molecular flexibility index (Phi) is 4.70. The Labute approximate surface area is 119 Å². The molecule has 110 valence electrons. The number of hydrogen-bond acceptors (Lipinski definition) is 4. The lowest BCUT2D eigenvalue weighted by atomic mass is 10.0. The van der Waals surface area contributed by atoms with E-state index in [-0.39, 0.29) is 5.91 Å². The van der Waals surface area contributed by atoms with Gasteiger partial charge in [0.15, 0.2) is 0 Å². The molecule has 1 N–H and O–H groups in total. The van der Waals surface area contributed by atoms with Gasteiger partial charge in [0.05, 0.1) is 0 Å². The van der Waals surface area contributed by atoms with E-state index in [4.69, 9.17) is 0 Å². The number of carboxylic acids is 1. The average Bonchev–Trinajstić information content (AvgIpc) is 2.39. The number of rotatable bonds is 5. The maximum atomic E-state index is 12.5. The van der Waals surface area contributed by atoms with Gasteiger partial charge in [0.1, 0.15) is 11.4 Å². The van der Waals surface area contributed by atoms with Crippen molar-refractivity contribution in [3.05, 3.63) is 23.9 Å². The van der Waals surface area contributed by atoms with E-state index in [1.165, 1.54) is 18.7 Å². The molecule has 1 aromatic heterocycles. The summed E-state index contributed by atoms with van der Waals surface area (Å²) in [6, 6.07) is 3.25. The minimum Gasteiger partial charge on any atom is -0.480 e. The molecular formula is C14H21N3O3. The van der Waals surface area contributed by atoms with Crippen LogP contribution in [0.4, 0.5) is 5.82 Å². The highest BCUT2D eigenvalue weighted by Gasteiger charge is 2.37. The number of hydrogen-bond donors (Lipinski definition) is 1. The second-order valence-electron chi connectivity index (χ2n) is 5.21. The minimum absolute atomic E-state index is 0.314. The van der Waals surface area contributed by atoms with Crippen LogP contribution in [-0.2, 0) is 4.79 Å². The van der Waals surface area contributed by atoms with Gasteiger partial charge < -0.3 is 14.9 Å². The van der Waals surface area contributed by atoms with Crippen LogP contribution in [0.5, 0.6) is 0 Å². The number of nitrogens with zero attached hydrogens (tertiary/aromatic N) is 3. The highest BCUT2D eigenvalue weighted by molar-refractivity contribution is 5.98. The van der Waals surface area contributed by atoms with Crippen LogP contribution in [0.25, 0.3) is 0 Å². The van der Waals surface area contributed by atoms with E-state index in [1.807, 2.05) is 14.1 Å². The van der Waals surface area contributed by atoms with Gasteiger partial charge in [0.2, 0.25) is 0 Å². The monoisotopic (exact) mass is 279 g/mol. The quantitative estimate of drug-likeness (QED) is 0.883. The number of amides is 1. The summed E-state index contributed by atoms with van der Waals surface area (Å²) >= 11 is 0. The lowest BCUT2D eigenvalue weighted by Gasteiger charge is -2.34. The Bertz CT molecular complexity index is 512. The van der Waals surface area contributed by atoms with E-state index in [2.05, 4.69) is 4.98 Å². The number of carbonyl (C=O) groups excluding carboxylic acids is 1. The van der Waals surface area contributed by atoms with Gasteiger partial charge in [-0.1, -0.05) is 0 Å². The maximum absolute atomic E-state index is 12.5. The van der Waals surface area contributed by atoms with Crippen LogP contribution in [0.2, 0.25) is 0 Å². The van der Waals surface area contributed by atoms with Crippen molar-refractivity contribution in [3.8, 4) is 0 Å². The van der Waals surface area contributed by atoms with Gasteiger partial charge in [-0.2, -0.15) is 0 Å². The summed E-state index contributed by atoms with van der Waals surface area (Å²) in [4.78, 5) is 31.1. The summed E-state index contributed by atoms with van der Waals surface area (Å²) in [5.74, 6) is -0.694. The normalized spacial score (nSPS) is 11.1. The standard InChI is InChI=1S/C14H21N3O3/c1-6-17(14(2,3)13(19)20)12(18)10-7-8-15-11(9-10)16(4)5/h7-9H,6H2,1-5H3,(H,19,20). The lowest BCUT2D eigenvalue weighted by molar-refractivity contribution is -0.147. The van der Waals surface area contributed by atoms with Crippen molar-refractivity contribution >= 4 is 17.7 Å². The lowest BCUT2D eigenvalue weighted by Crippen LogP contribution is -2.52. The van der Waals surface area contributed by atoms with Crippen LogP contribution in [0, 0.1) is 0 Å². The second-order valence-corrected chi connectivity index (χ2v) is 5.21. The molecule has 0 atom stereocenters. The van der Waals surface area contributed by atoms with Crippen molar-refractivity contribution in [2.45, 2.75) is 26.3 Å². The van der Waals surface area contributed by atoms with Gasteiger partial charge in [-0.25, -0.2) is 9.78 Å². The zero-order valence-electron chi connectivity index (χ0n) is 12.5. The molecule has 0 aliphatic rings. The number of aliphatic carboxylic acids is 1. The van der Waals surface area contributed by atoms with E-state index >= 15 is 0 Å². The predicted molar refractivity (Wildman–Crippen MR) is 77.0 cm³/mol. The molecule has 20 heavy (non-hydrogen) atoms. The molecule has 6 nitrogen and oxygen atoms in total. The van der Waals surface area contributed by atoms with Crippen molar-refractivity contribution in [1.82, 2.24) is 9.88 Å². The van der Waals surface area contributed by atoms with E-state index in [0.717, 1.165) is 0 Å². The molecule has 0 saturated carbocycles. The first-order chi connectivity index (χ1) is 9.21. The Morgan fingerprint density at radius 2 is 1.95 bits per heavy atom. The fourth-order valence-electron chi connectivity index (χ4n) is 1.86. The summed E-state index contributed by atoms with van der Waals surface area (Å²) in [6.45, 7) is 5.12. The largest absolute Gasteiger partial charge is 0.480 e. The SMILES string of the molecule is CCN(C(=O)c1ccnc(N(C)C)c1)C(C)(C)C(=O)O. The predicted octanol–water partition coefficient (Wildman–Crippen LogP) is 1.47. The molecule has 0 unspecified atom stereocenters. The smallest absolute Gasteiger partial charge is 0.329 e. The fraction of sp³-hybridized carbons (Fsp3) is 0.500. The molecule has 0 saturated heterocycles. The van der Waals surface area contributed by atoms with E-state index in [1.54, 1.807) is 30.2 Å². The third-order valence-corrected chi connectivity index (χ3v) is 3.21. The van der Waals surface area contributed by atoms with Gasteiger partial charge in [0, 0.05) is 32.4 Å². The van der Waals surface area contributed by atoms with Crippen LogP contribution >= 0.6 is 0 Å². The molecule has 0 aliphatic carbocycles. The number of pyridine rings is 1. The highest BCUT2D eigenvalue weighted by Crippen LogP contribution is 2.19. The van der Waals surface area contributed by atoms with E-state index in [0.29, 0.717) is 17.9 Å².